The van der Waals surface area contributed by atoms with E-state index in [1.54, 1.807) is 0 Å². The number of hydrogen-bond acceptors (Lipinski definition) is 2. The Hall–Kier alpha value is -0.280. The second-order valence-electron chi connectivity index (χ2n) is 5.91. The summed E-state index contributed by atoms with van der Waals surface area (Å²) in [5.74, 6) is 1.78. The van der Waals surface area contributed by atoms with Gasteiger partial charge in [0.15, 0.2) is 0 Å². The maximum absolute atomic E-state index is 12.1. The summed E-state index contributed by atoms with van der Waals surface area (Å²) in [6, 6.07) is 0.471. The van der Waals surface area contributed by atoms with Crippen LogP contribution in [-0.4, -0.2) is 37.0 Å². The predicted molar refractivity (Wildman–Crippen MR) is 77.0 cm³/mol. The molecule has 1 amide bonds. The van der Waals surface area contributed by atoms with E-state index < -0.39 is 0 Å². The van der Waals surface area contributed by atoms with Crippen molar-refractivity contribution in [3.8, 4) is 0 Å². The number of rotatable bonds is 5. The van der Waals surface area contributed by atoms with E-state index >= 15 is 0 Å². The Kier molecular flexibility index (Phi) is 6.44. The summed E-state index contributed by atoms with van der Waals surface area (Å²) in [6.07, 6.45) is 7.76. The number of halogens is 1. The molecule has 18 heavy (non-hydrogen) atoms. The third-order valence-corrected chi connectivity index (χ3v) is 4.36. The highest BCUT2D eigenvalue weighted by Crippen LogP contribution is 2.28. The van der Waals surface area contributed by atoms with Crippen molar-refractivity contribution in [3.63, 3.8) is 0 Å². The Balaban J connectivity index is 0.00000162. The molecular weight excluding hydrogens is 248 g/mol. The maximum Gasteiger partial charge on any atom is 0.236 e. The molecule has 0 radical (unpaired) electrons. The third kappa shape index (κ3) is 4.43. The van der Waals surface area contributed by atoms with E-state index in [2.05, 4.69) is 12.2 Å². The molecule has 2 fully saturated rings. The number of carbonyl (C=O) groups is 1. The Bertz CT molecular complexity index is 269. The zero-order chi connectivity index (χ0) is 12.3. The van der Waals surface area contributed by atoms with Gasteiger partial charge in [-0.2, -0.15) is 0 Å². The van der Waals surface area contributed by atoms with E-state index in [0.717, 1.165) is 12.5 Å². The molecule has 106 valence electrons. The van der Waals surface area contributed by atoms with Gasteiger partial charge in [-0.1, -0.05) is 19.8 Å². The Morgan fingerprint density at radius 2 is 1.89 bits per heavy atom. The van der Waals surface area contributed by atoms with Crippen LogP contribution in [0, 0.1) is 11.8 Å². The lowest BCUT2D eigenvalue weighted by atomic mass is 9.85. The molecule has 1 N–H and O–H groups in total. The fourth-order valence-electron chi connectivity index (χ4n) is 2.89. The number of nitrogens with zero attached hydrogens (tertiary/aromatic N) is 1. The zero-order valence-electron chi connectivity index (χ0n) is 11.7. The minimum atomic E-state index is 0. The molecule has 2 unspecified atom stereocenters. The number of carbonyl (C=O) groups excluding carboxylic acids is 1. The highest BCUT2D eigenvalue weighted by molar-refractivity contribution is 5.85. The molecule has 0 aliphatic heterocycles. The monoisotopic (exact) mass is 274 g/mol. The number of amides is 1. The summed E-state index contributed by atoms with van der Waals surface area (Å²) >= 11 is 0. The summed E-state index contributed by atoms with van der Waals surface area (Å²) in [4.78, 5) is 14.0. The topological polar surface area (TPSA) is 32.3 Å². The second-order valence-corrected chi connectivity index (χ2v) is 5.91. The maximum atomic E-state index is 12.1. The number of likely N-dealkylation sites (N-methyl/N-ethyl adjacent to an activating group) is 1. The molecule has 0 aromatic heterocycles. The Labute approximate surface area is 117 Å². The summed E-state index contributed by atoms with van der Waals surface area (Å²) in [5, 5.41) is 3.29. The van der Waals surface area contributed by atoms with Crippen molar-refractivity contribution < 1.29 is 4.79 Å². The highest BCUT2D eigenvalue weighted by atomic mass is 35.5. The standard InChI is InChI=1S/C14H26N2O.ClH/c1-11-5-3-4-6-13(11)16(2)14(17)10-15-9-12-7-8-12;/h11-13,15H,3-10H2,1-2H3;1H. The minimum Gasteiger partial charge on any atom is -0.341 e. The van der Waals surface area contributed by atoms with Gasteiger partial charge in [0, 0.05) is 13.1 Å². The average Bonchev–Trinajstić information content (AvgIpc) is 3.13. The van der Waals surface area contributed by atoms with Gasteiger partial charge in [-0.3, -0.25) is 4.79 Å². The SMILES string of the molecule is CC1CCCCC1N(C)C(=O)CNCC1CC1.Cl. The van der Waals surface area contributed by atoms with E-state index in [1.807, 2.05) is 11.9 Å². The lowest BCUT2D eigenvalue weighted by molar-refractivity contribution is -0.132. The van der Waals surface area contributed by atoms with Gasteiger partial charge in [0.2, 0.25) is 5.91 Å². The molecule has 0 bridgehead atoms. The van der Waals surface area contributed by atoms with E-state index in [0.29, 0.717) is 18.5 Å². The normalized spacial score (nSPS) is 27.4. The first-order valence-corrected chi connectivity index (χ1v) is 7.15. The predicted octanol–water partition coefficient (Wildman–Crippen LogP) is 2.44. The van der Waals surface area contributed by atoms with E-state index in [4.69, 9.17) is 0 Å². The van der Waals surface area contributed by atoms with Crippen LogP contribution in [0.15, 0.2) is 0 Å². The third-order valence-electron chi connectivity index (χ3n) is 4.36. The van der Waals surface area contributed by atoms with E-state index in [1.165, 1.54) is 38.5 Å². The highest BCUT2D eigenvalue weighted by Gasteiger charge is 2.28. The van der Waals surface area contributed by atoms with Gasteiger partial charge in [-0.05, 0) is 44.1 Å². The van der Waals surface area contributed by atoms with Crippen LogP contribution in [0.3, 0.4) is 0 Å². The molecule has 2 saturated carbocycles. The molecule has 2 atom stereocenters. The van der Waals surface area contributed by atoms with Crippen molar-refractivity contribution >= 4 is 18.3 Å². The Morgan fingerprint density at radius 1 is 1.22 bits per heavy atom. The molecule has 0 aromatic carbocycles. The van der Waals surface area contributed by atoms with Crippen molar-refractivity contribution in [2.75, 3.05) is 20.1 Å². The molecule has 0 aromatic rings. The van der Waals surface area contributed by atoms with Crippen LogP contribution in [0.5, 0.6) is 0 Å². The summed E-state index contributed by atoms with van der Waals surface area (Å²) in [7, 11) is 1.98. The van der Waals surface area contributed by atoms with Gasteiger partial charge in [0.05, 0.1) is 6.54 Å². The lowest BCUT2D eigenvalue weighted by Crippen LogP contribution is -2.46. The lowest BCUT2D eigenvalue weighted by Gasteiger charge is -2.36. The van der Waals surface area contributed by atoms with E-state index in [-0.39, 0.29) is 18.3 Å². The van der Waals surface area contributed by atoms with Crippen LogP contribution < -0.4 is 5.32 Å². The first-order valence-electron chi connectivity index (χ1n) is 7.15. The summed E-state index contributed by atoms with van der Waals surface area (Å²) in [6.45, 7) is 3.83. The van der Waals surface area contributed by atoms with Gasteiger partial charge in [0.1, 0.15) is 0 Å². The van der Waals surface area contributed by atoms with Crippen molar-refractivity contribution in [1.29, 1.82) is 0 Å². The largest absolute Gasteiger partial charge is 0.341 e. The summed E-state index contributed by atoms with van der Waals surface area (Å²) < 4.78 is 0. The zero-order valence-corrected chi connectivity index (χ0v) is 12.5. The molecule has 3 nitrogen and oxygen atoms in total. The van der Waals surface area contributed by atoms with Gasteiger partial charge in [-0.25, -0.2) is 0 Å². The van der Waals surface area contributed by atoms with Crippen molar-refractivity contribution in [1.82, 2.24) is 10.2 Å². The molecule has 4 heteroatoms. The molecule has 2 aliphatic rings. The van der Waals surface area contributed by atoms with Crippen molar-refractivity contribution in [2.24, 2.45) is 11.8 Å². The number of nitrogens with one attached hydrogen (secondary N) is 1. The Morgan fingerprint density at radius 3 is 2.50 bits per heavy atom. The summed E-state index contributed by atoms with van der Waals surface area (Å²) in [5.41, 5.74) is 0. The van der Waals surface area contributed by atoms with Crippen molar-refractivity contribution in [3.05, 3.63) is 0 Å². The molecule has 2 rings (SSSR count). The quantitative estimate of drug-likeness (QED) is 0.835. The van der Waals surface area contributed by atoms with Gasteiger partial charge < -0.3 is 10.2 Å². The van der Waals surface area contributed by atoms with Crippen LogP contribution in [0.25, 0.3) is 0 Å². The van der Waals surface area contributed by atoms with Gasteiger partial charge >= 0.3 is 0 Å². The minimum absolute atomic E-state index is 0. The van der Waals surface area contributed by atoms with Crippen LogP contribution in [0.1, 0.15) is 45.4 Å². The average molecular weight is 275 g/mol. The molecule has 0 heterocycles. The smallest absolute Gasteiger partial charge is 0.236 e. The second kappa shape index (κ2) is 7.34. The fourth-order valence-corrected chi connectivity index (χ4v) is 2.89. The van der Waals surface area contributed by atoms with Crippen LogP contribution in [-0.2, 0) is 4.79 Å². The first-order chi connectivity index (χ1) is 8.18. The molecule has 0 spiro atoms. The van der Waals surface area contributed by atoms with Crippen LogP contribution >= 0.6 is 12.4 Å². The molecule has 0 saturated heterocycles. The fraction of sp³-hybridized carbons (Fsp3) is 0.929. The molecular formula is C14H27ClN2O. The van der Waals surface area contributed by atoms with E-state index in [9.17, 15) is 4.79 Å². The van der Waals surface area contributed by atoms with Gasteiger partial charge in [-0.15, -0.1) is 12.4 Å². The van der Waals surface area contributed by atoms with Crippen LogP contribution in [0.2, 0.25) is 0 Å². The number of hydrogen-bond donors (Lipinski definition) is 1. The first kappa shape index (κ1) is 15.8. The van der Waals surface area contributed by atoms with Gasteiger partial charge in [0.25, 0.3) is 0 Å². The van der Waals surface area contributed by atoms with Crippen LogP contribution in [0.4, 0.5) is 0 Å². The molecule has 2 aliphatic carbocycles. The van der Waals surface area contributed by atoms with Crippen molar-refractivity contribution in [2.45, 2.75) is 51.5 Å².